The molecular formula is C13H9N3O2S. The third-order valence-corrected chi connectivity index (χ3v) is 3.04. The van der Waals surface area contributed by atoms with Gasteiger partial charge < -0.3 is 4.42 Å². The smallest absolute Gasteiger partial charge is 0.250 e. The van der Waals surface area contributed by atoms with Crippen molar-refractivity contribution in [3.8, 4) is 0 Å². The summed E-state index contributed by atoms with van der Waals surface area (Å²) in [6, 6.07) is 7.44. The van der Waals surface area contributed by atoms with Crippen molar-refractivity contribution >= 4 is 39.6 Å². The van der Waals surface area contributed by atoms with Crippen LogP contribution in [0.15, 0.2) is 46.3 Å². The lowest BCUT2D eigenvalue weighted by molar-refractivity contribution is -0.111. The van der Waals surface area contributed by atoms with Gasteiger partial charge in [-0.3, -0.25) is 10.1 Å². The molecule has 1 aromatic carbocycles. The predicted molar refractivity (Wildman–Crippen MR) is 73.8 cm³/mol. The minimum absolute atomic E-state index is 0.266. The van der Waals surface area contributed by atoms with Crippen LogP contribution in [0, 0.1) is 0 Å². The molecule has 0 radical (unpaired) electrons. The Balaban J connectivity index is 1.73. The highest BCUT2D eigenvalue weighted by Crippen LogP contribution is 2.15. The number of fused-ring (bicyclic) bond motifs is 1. The maximum absolute atomic E-state index is 11.6. The summed E-state index contributed by atoms with van der Waals surface area (Å²) in [5, 5.41) is 4.99. The first-order valence-electron chi connectivity index (χ1n) is 5.55. The lowest BCUT2D eigenvalue weighted by atomic mass is 10.3. The maximum Gasteiger partial charge on any atom is 0.250 e. The summed E-state index contributed by atoms with van der Waals surface area (Å²) >= 11 is 1.36. The molecule has 0 unspecified atom stereocenters. The summed E-state index contributed by atoms with van der Waals surface area (Å²) < 4.78 is 5.46. The average molecular weight is 271 g/mol. The van der Waals surface area contributed by atoms with Gasteiger partial charge in [0.05, 0.1) is 0 Å². The topological polar surface area (TPSA) is 68.0 Å². The number of nitrogens with one attached hydrogen (secondary N) is 1. The van der Waals surface area contributed by atoms with E-state index in [1.54, 1.807) is 11.6 Å². The molecular weight excluding hydrogens is 262 g/mol. The van der Waals surface area contributed by atoms with Gasteiger partial charge in [0.25, 0.3) is 0 Å². The fourth-order valence-corrected chi connectivity index (χ4v) is 2.07. The average Bonchev–Trinajstić information content (AvgIpc) is 3.04. The van der Waals surface area contributed by atoms with E-state index in [1.165, 1.54) is 23.5 Å². The molecule has 0 spiro atoms. The first kappa shape index (κ1) is 11.6. The maximum atomic E-state index is 11.6. The summed E-state index contributed by atoms with van der Waals surface area (Å²) in [5.74, 6) is 0.132. The van der Waals surface area contributed by atoms with Gasteiger partial charge in [0.1, 0.15) is 5.52 Å². The standard InChI is InChI=1S/C13H9N3O2S/c17-11(16-13-14-7-8-19-13)5-6-12-15-9-3-1-2-4-10(9)18-12/h1-8H,(H,14,16,17). The predicted octanol–water partition coefficient (Wildman–Crippen LogP) is 2.94. The van der Waals surface area contributed by atoms with Crippen molar-refractivity contribution in [2.45, 2.75) is 0 Å². The second-order valence-corrected chi connectivity index (χ2v) is 4.57. The summed E-state index contributed by atoms with van der Waals surface area (Å²) in [6.07, 6.45) is 4.53. The lowest BCUT2D eigenvalue weighted by Crippen LogP contribution is -2.07. The number of benzene rings is 1. The summed E-state index contributed by atoms with van der Waals surface area (Å²) in [6.45, 7) is 0. The van der Waals surface area contributed by atoms with Crippen molar-refractivity contribution in [1.82, 2.24) is 9.97 Å². The number of hydrogen-bond donors (Lipinski definition) is 1. The molecule has 5 nitrogen and oxygen atoms in total. The van der Waals surface area contributed by atoms with Crippen molar-refractivity contribution in [2.75, 3.05) is 5.32 Å². The van der Waals surface area contributed by atoms with Crippen LogP contribution in [0.5, 0.6) is 0 Å². The third-order valence-electron chi connectivity index (χ3n) is 2.35. The third kappa shape index (κ3) is 2.69. The molecule has 0 aliphatic carbocycles. The molecule has 0 fully saturated rings. The molecule has 19 heavy (non-hydrogen) atoms. The van der Waals surface area contributed by atoms with E-state index in [4.69, 9.17) is 4.42 Å². The number of rotatable bonds is 3. The zero-order valence-corrected chi connectivity index (χ0v) is 10.6. The monoisotopic (exact) mass is 271 g/mol. The Hall–Kier alpha value is -2.47. The number of carbonyl (C=O) groups is 1. The van der Waals surface area contributed by atoms with Gasteiger partial charge in [-0.15, -0.1) is 11.3 Å². The van der Waals surface area contributed by atoms with E-state index in [1.807, 2.05) is 24.3 Å². The molecule has 0 saturated carbocycles. The molecule has 3 aromatic rings. The van der Waals surface area contributed by atoms with Crippen molar-refractivity contribution in [3.05, 3.63) is 47.8 Å². The largest absolute Gasteiger partial charge is 0.437 e. The van der Waals surface area contributed by atoms with E-state index in [2.05, 4.69) is 15.3 Å². The summed E-state index contributed by atoms with van der Waals surface area (Å²) in [4.78, 5) is 19.8. The number of aromatic nitrogens is 2. The zero-order valence-electron chi connectivity index (χ0n) is 9.74. The number of anilines is 1. The van der Waals surface area contributed by atoms with E-state index in [9.17, 15) is 4.79 Å². The molecule has 0 aliphatic rings. The van der Waals surface area contributed by atoms with E-state index in [0.717, 1.165) is 5.52 Å². The zero-order chi connectivity index (χ0) is 13.1. The molecule has 2 aromatic heterocycles. The molecule has 3 rings (SSSR count). The SMILES string of the molecule is O=C(C=Cc1nc2ccccc2o1)Nc1nccs1. The molecule has 0 atom stereocenters. The Bertz CT molecular complexity index is 698. The fourth-order valence-electron chi connectivity index (χ4n) is 1.54. The molecule has 1 N–H and O–H groups in total. The summed E-state index contributed by atoms with van der Waals surface area (Å²) in [5.41, 5.74) is 1.46. The van der Waals surface area contributed by atoms with Gasteiger partial charge in [0.2, 0.25) is 11.8 Å². The first-order valence-corrected chi connectivity index (χ1v) is 6.43. The minimum Gasteiger partial charge on any atom is -0.437 e. The van der Waals surface area contributed by atoms with Crippen LogP contribution in [0.4, 0.5) is 5.13 Å². The molecule has 0 aliphatic heterocycles. The van der Waals surface area contributed by atoms with Crippen molar-refractivity contribution in [1.29, 1.82) is 0 Å². The van der Waals surface area contributed by atoms with Gasteiger partial charge in [-0.2, -0.15) is 0 Å². The van der Waals surface area contributed by atoms with Gasteiger partial charge in [-0.05, 0) is 12.1 Å². The molecule has 2 heterocycles. The van der Waals surface area contributed by atoms with E-state index >= 15 is 0 Å². The quantitative estimate of drug-likeness (QED) is 0.744. The number of nitrogens with zero attached hydrogens (tertiary/aromatic N) is 2. The van der Waals surface area contributed by atoms with Crippen LogP contribution in [0.3, 0.4) is 0 Å². The van der Waals surface area contributed by atoms with Gasteiger partial charge >= 0.3 is 0 Å². The Morgan fingerprint density at radius 3 is 3.05 bits per heavy atom. The molecule has 0 bridgehead atoms. The highest BCUT2D eigenvalue weighted by Gasteiger charge is 2.03. The number of hydrogen-bond acceptors (Lipinski definition) is 5. The van der Waals surface area contributed by atoms with Gasteiger partial charge in [0, 0.05) is 23.7 Å². The number of carbonyl (C=O) groups excluding carboxylic acids is 1. The highest BCUT2D eigenvalue weighted by atomic mass is 32.1. The normalized spacial score (nSPS) is 11.2. The number of oxazole rings is 1. The second kappa shape index (κ2) is 5.03. The van der Waals surface area contributed by atoms with Crippen molar-refractivity contribution < 1.29 is 9.21 Å². The minimum atomic E-state index is -0.266. The van der Waals surface area contributed by atoms with Gasteiger partial charge in [-0.1, -0.05) is 12.1 Å². The van der Waals surface area contributed by atoms with Crippen LogP contribution in [0.1, 0.15) is 5.89 Å². The number of amides is 1. The van der Waals surface area contributed by atoms with Crippen LogP contribution in [0.2, 0.25) is 0 Å². The van der Waals surface area contributed by atoms with Crippen LogP contribution >= 0.6 is 11.3 Å². The Labute approximate surface area is 112 Å². The van der Waals surface area contributed by atoms with Gasteiger partial charge in [-0.25, -0.2) is 9.97 Å². The molecule has 0 saturated heterocycles. The highest BCUT2D eigenvalue weighted by molar-refractivity contribution is 7.13. The van der Waals surface area contributed by atoms with Crippen molar-refractivity contribution in [2.24, 2.45) is 0 Å². The van der Waals surface area contributed by atoms with E-state index < -0.39 is 0 Å². The Kier molecular flexibility index (Phi) is 3.07. The van der Waals surface area contributed by atoms with Crippen molar-refractivity contribution in [3.63, 3.8) is 0 Å². The van der Waals surface area contributed by atoms with E-state index in [0.29, 0.717) is 16.6 Å². The summed E-state index contributed by atoms with van der Waals surface area (Å²) in [7, 11) is 0. The second-order valence-electron chi connectivity index (χ2n) is 3.68. The Morgan fingerprint density at radius 1 is 1.37 bits per heavy atom. The first-order chi connectivity index (χ1) is 9.31. The molecule has 6 heteroatoms. The number of para-hydroxylation sites is 2. The fraction of sp³-hybridized carbons (Fsp3) is 0. The van der Waals surface area contributed by atoms with Crippen LogP contribution < -0.4 is 5.32 Å². The van der Waals surface area contributed by atoms with E-state index in [-0.39, 0.29) is 5.91 Å². The molecule has 94 valence electrons. The lowest BCUT2D eigenvalue weighted by Gasteiger charge is -1.93. The van der Waals surface area contributed by atoms with Crippen LogP contribution in [-0.2, 0) is 4.79 Å². The van der Waals surface area contributed by atoms with Crippen LogP contribution in [-0.4, -0.2) is 15.9 Å². The van der Waals surface area contributed by atoms with Gasteiger partial charge in [0.15, 0.2) is 10.7 Å². The van der Waals surface area contributed by atoms with Crippen LogP contribution in [0.25, 0.3) is 17.2 Å². The molecule has 1 amide bonds. The number of thiazole rings is 1. The Morgan fingerprint density at radius 2 is 2.26 bits per heavy atom.